The lowest BCUT2D eigenvalue weighted by atomic mass is 9.92. The first kappa shape index (κ1) is 20.2. The molecule has 6 heteroatoms. The van der Waals surface area contributed by atoms with E-state index in [9.17, 15) is 13.9 Å². The maximum atomic E-state index is 13.7. The maximum absolute atomic E-state index is 13.7. The number of aliphatic hydroxyl groups excluding tert-OH is 1. The monoisotopic (exact) mass is 402 g/mol. The van der Waals surface area contributed by atoms with Crippen LogP contribution >= 0.6 is 11.8 Å². The molecule has 0 saturated carbocycles. The second-order valence-electron chi connectivity index (χ2n) is 6.13. The van der Waals surface area contributed by atoms with E-state index in [1.54, 1.807) is 23.9 Å². The minimum Gasteiger partial charge on any atom is -0.493 e. The molecule has 3 aromatic carbocycles. The fourth-order valence-corrected chi connectivity index (χ4v) is 3.46. The summed E-state index contributed by atoms with van der Waals surface area (Å²) in [6.45, 7) is 0. The molecule has 1 atom stereocenters. The van der Waals surface area contributed by atoms with Crippen molar-refractivity contribution >= 4 is 11.8 Å². The van der Waals surface area contributed by atoms with Crippen LogP contribution in [0.5, 0.6) is 11.5 Å². The molecule has 1 N–H and O–H groups in total. The van der Waals surface area contributed by atoms with Crippen molar-refractivity contribution in [2.45, 2.75) is 11.0 Å². The molecule has 28 heavy (non-hydrogen) atoms. The lowest BCUT2D eigenvalue weighted by Gasteiger charge is -2.20. The predicted octanol–water partition coefficient (Wildman–Crippen LogP) is 5.45. The van der Waals surface area contributed by atoms with Crippen LogP contribution in [0.4, 0.5) is 8.78 Å². The highest BCUT2D eigenvalue weighted by molar-refractivity contribution is 7.98. The molecule has 0 saturated heterocycles. The minimum absolute atomic E-state index is 0.117. The van der Waals surface area contributed by atoms with Crippen LogP contribution in [0.2, 0.25) is 0 Å². The van der Waals surface area contributed by atoms with Gasteiger partial charge >= 0.3 is 0 Å². The molecular formula is C22H20F2O3S. The Hall–Kier alpha value is -2.57. The zero-order chi connectivity index (χ0) is 20.3. The van der Waals surface area contributed by atoms with Gasteiger partial charge in [-0.3, -0.25) is 0 Å². The summed E-state index contributed by atoms with van der Waals surface area (Å²) in [4.78, 5) is 1.10. The van der Waals surface area contributed by atoms with E-state index in [1.165, 1.54) is 14.2 Å². The number of thioether (sulfide) groups is 1. The van der Waals surface area contributed by atoms with Gasteiger partial charge in [0, 0.05) is 11.0 Å². The van der Waals surface area contributed by atoms with E-state index in [2.05, 4.69) is 0 Å². The number of ether oxygens (including phenoxy) is 2. The molecule has 3 rings (SSSR count). The largest absolute Gasteiger partial charge is 0.493 e. The molecule has 0 heterocycles. The first-order chi connectivity index (χ1) is 13.5. The van der Waals surface area contributed by atoms with Crippen molar-refractivity contribution in [2.75, 3.05) is 20.5 Å². The molecule has 1 unspecified atom stereocenters. The van der Waals surface area contributed by atoms with Gasteiger partial charge in [0.2, 0.25) is 0 Å². The van der Waals surface area contributed by atoms with Gasteiger partial charge in [-0.15, -0.1) is 11.8 Å². The van der Waals surface area contributed by atoms with Crippen LogP contribution in [-0.4, -0.2) is 25.6 Å². The second-order valence-corrected chi connectivity index (χ2v) is 7.01. The van der Waals surface area contributed by atoms with E-state index in [1.807, 2.05) is 30.5 Å². The third kappa shape index (κ3) is 4.13. The molecule has 0 aliphatic carbocycles. The van der Waals surface area contributed by atoms with Crippen LogP contribution in [0.3, 0.4) is 0 Å². The summed E-state index contributed by atoms with van der Waals surface area (Å²) >= 11 is 1.62. The van der Waals surface area contributed by atoms with Crippen LogP contribution in [0.15, 0.2) is 59.5 Å². The number of methoxy groups -OCH3 is 2. The number of rotatable bonds is 6. The van der Waals surface area contributed by atoms with Crippen molar-refractivity contribution in [3.63, 3.8) is 0 Å². The minimum atomic E-state index is -1.25. The zero-order valence-electron chi connectivity index (χ0n) is 15.7. The molecule has 0 spiro atoms. The smallest absolute Gasteiger partial charge is 0.161 e. The molecule has 0 fully saturated rings. The van der Waals surface area contributed by atoms with E-state index in [4.69, 9.17) is 9.47 Å². The van der Waals surface area contributed by atoms with E-state index in [0.29, 0.717) is 22.6 Å². The van der Waals surface area contributed by atoms with Gasteiger partial charge in [0.15, 0.2) is 11.5 Å². The Morgan fingerprint density at radius 1 is 0.857 bits per heavy atom. The molecule has 3 nitrogen and oxygen atoms in total. The molecule has 0 radical (unpaired) electrons. The van der Waals surface area contributed by atoms with E-state index < -0.39 is 17.7 Å². The number of aliphatic hydroxyl groups is 1. The topological polar surface area (TPSA) is 38.7 Å². The zero-order valence-corrected chi connectivity index (χ0v) is 16.5. The van der Waals surface area contributed by atoms with Crippen molar-refractivity contribution in [3.05, 3.63) is 77.4 Å². The van der Waals surface area contributed by atoms with Crippen molar-refractivity contribution in [3.8, 4) is 22.6 Å². The van der Waals surface area contributed by atoms with Crippen LogP contribution in [0.1, 0.15) is 17.2 Å². The Balaban J connectivity index is 2.19. The Morgan fingerprint density at radius 3 is 1.96 bits per heavy atom. The van der Waals surface area contributed by atoms with Gasteiger partial charge in [-0.05, 0) is 64.9 Å². The molecule has 0 bridgehead atoms. The van der Waals surface area contributed by atoms with E-state index >= 15 is 0 Å². The van der Waals surface area contributed by atoms with Gasteiger partial charge in [-0.2, -0.15) is 0 Å². The van der Waals surface area contributed by atoms with Crippen molar-refractivity contribution in [1.29, 1.82) is 0 Å². The number of hydrogen-bond donors (Lipinski definition) is 1. The molecule has 0 aliphatic rings. The number of hydrogen-bond acceptors (Lipinski definition) is 4. The first-order valence-electron chi connectivity index (χ1n) is 8.51. The van der Waals surface area contributed by atoms with Gasteiger partial charge in [-0.25, -0.2) is 8.78 Å². The van der Waals surface area contributed by atoms with Gasteiger partial charge in [-0.1, -0.05) is 12.1 Å². The van der Waals surface area contributed by atoms with Gasteiger partial charge in [0.05, 0.1) is 14.2 Å². The first-order valence-corrected chi connectivity index (χ1v) is 9.73. The lowest BCUT2D eigenvalue weighted by molar-refractivity contribution is 0.219. The summed E-state index contributed by atoms with van der Waals surface area (Å²) < 4.78 is 38.1. The Kier molecular flexibility index (Phi) is 6.21. The predicted molar refractivity (Wildman–Crippen MR) is 107 cm³/mol. The highest BCUT2D eigenvalue weighted by Crippen LogP contribution is 2.40. The average molecular weight is 402 g/mol. The SMILES string of the molecule is COc1cc(-c2ccc(SC)cc2)c(C(O)c2cc(F)cc(F)c2)cc1OC. The fraction of sp³-hybridized carbons (Fsp3) is 0.182. The van der Waals surface area contributed by atoms with Crippen molar-refractivity contribution in [1.82, 2.24) is 0 Å². The molecule has 0 aromatic heterocycles. The normalized spacial score (nSPS) is 11.9. The Bertz CT molecular complexity index is 954. The van der Waals surface area contributed by atoms with Crippen LogP contribution < -0.4 is 9.47 Å². The van der Waals surface area contributed by atoms with Crippen LogP contribution in [0.25, 0.3) is 11.1 Å². The van der Waals surface area contributed by atoms with E-state index in [0.717, 1.165) is 28.7 Å². The fourth-order valence-electron chi connectivity index (χ4n) is 3.05. The van der Waals surface area contributed by atoms with Crippen molar-refractivity contribution in [2.24, 2.45) is 0 Å². The average Bonchev–Trinajstić information content (AvgIpc) is 2.71. The standard InChI is InChI=1S/C22H20F2O3S/c1-26-20-11-18(13-4-6-17(28-3)7-5-13)19(12-21(20)27-2)22(25)14-8-15(23)10-16(24)9-14/h4-12,22,25H,1-3H3. The number of benzene rings is 3. The summed E-state index contributed by atoms with van der Waals surface area (Å²) in [5.74, 6) is -0.591. The lowest BCUT2D eigenvalue weighted by Crippen LogP contribution is -2.05. The number of halogens is 2. The van der Waals surface area contributed by atoms with Gasteiger partial charge in [0.1, 0.15) is 17.7 Å². The summed E-state index contributed by atoms with van der Waals surface area (Å²) in [6.07, 6.45) is 0.735. The molecule has 3 aromatic rings. The maximum Gasteiger partial charge on any atom is 0.161 e. The summed E-state index contributed by atoms with van der Waals surface area (Å²) in [5.41, 5.74) is 2.10. The third-order valence-electron chi connectivity index (χ3n) is 4.45. The van der Waals surface area contributed by atoms with Crippen LogP contribution in [0, 0.1) is 11.6 Å². The molecular weight excluding hydrogens is 382 g/mol. The van der Waals surface area contributed by atoms with Gasteiger partial charge in [0.25, 0.3) is 0 Å². The summed E-state index contributed by atoms with van der Waals surface area (Å²) in [6, 6.07) is 14.2. The third-order valence-corrected chi connectivity index (χ3v) is 5.20. The molecule has 146 valence electrons. The summed E-state index contributed by atoms with van der Waals surface area (Å²) in [5, 5.41) is 10.9. The molecule has 0 aliphatic heterocycles. The van der Waals surface area contributed by atoms with E-state index in [-0.39, 0.29) is 5.56 Å². The quantitative estimate of drug-likeness (QED) is 0.556. The van der Waals surface area contributed by atoms with Gasteiger partial charge < -0.3 is 14.6 Å². The summed E-state index contributed by atoms with van der Waals surface area (Å²) in [7, 11) is 3.01. The Labute approximate surface area is 166 Å². The highest BCUT2D eigenvalue weighted by atomic mass is 32.2. The van der Waals surface area contributed by atoms with Crippen LogP contribution in [-0.2, 0) is 0 Å². The molecule has 0 amide bonds. The van der Waals surface area contributed by atoms with Crippen molar-refractivity contribution < 1.29 is 23.4 Å². The second kappa shape index (κ2) is 8.63. The Morgan fingerprint density at radius 2 is 1.43 bits per heavy atom. The highest BCUT2D eigenvalue weighted by Gasteiger charge is 2.21.